The van der Waals surface area contributed by atoms with Crippen molar-refractivity contribution in [2.45, 2.75) is 30.2 Å². The zero-order chi connectivity index (χ0) is 17.6. The third kappa shape index (κ3) is 5.29. The Morgan fingerprint density at radius 3 is 2.83 bits per heavy atom. The predicted octanol–water partition coefficient (Wildman–Crippen LogP) is 0.219. The molecule has 1 aromatic rings. The summed E-state index contributed by atoms with van der Waals surface area (Å²) >= 11 is 0. The van der Waals surface area contributed by atoms with Crippen molar-refractivity contribution in [3.63, 3.8) is 0 Å². The molecule has 1 aliphatic rings. The maximum atomic E-state index is 12.1. The highest BCUT2D eigenvalue weighted by atomic mass is 32.2. The summed E-state index contributed by atoms with van der Waals surface area (Å²) in [4.78, 5) is 23.0. The van der Waals surface area contributed by atoms with Gasteiger partial charge in [-0.2, -0.15) is 4.72 Å². The summed E-state index contributed by atoms with van der Waals surface area (Å²) in [6.45, 7) is 0.459. The molecule has 0 spiro atoms. The Labute approximate surface area is 141 Å². The lowest BCUT2D eigenvalue weighted by Crippen LogP contribution is -2.30. The zero-order valence-corrected chi connectivity index (χ0v) is 14.2. The molecule has 2 rings (SSSR count). The molecule has 1 aliphatic heterocycles. The first kappa shape index (κ1) is 18.4. The molecule has 3 N–H and O–H groups in total. The van der Waals surface area contributed by atoms with E-state index in [0.717, 1.165) is 19.4 Å². The van der Waals surface area contributed by atoms with Gasteiger partial charge in [0.1, 0.15) is 6.54 Å². The number of carbonyl (C=O) groups is 2. The van der Waals surface area contributed by atoms with Gasteiger partial charge in [0.25, 0.3) is 0 Å². The SMILES string of the molecule is COC(=O)CNS(=O)(=O)c1cccc(NC(=O)CC2CCCN2)c1. The van der Waals surface area contributed by atoms with E-state index in [4.69, 9.17) is 0 Å². The Morgan fingerprint density at radius 2 is 2.17 bits per heavy atom. The fourth-order valence-corrected chi connectivity index (χ4v) is 3.43. The van der Waals surface area contributed by atoms with Crippen molar-refractivity contribution in [1.82, 2.24) is 10.0 Å². The quantitative estimate of drug-likeness (QED) is 0.603. The Kier molecular flexibility index (Phi) is 6.29. The van der Waals surface area contributed by atoms with E-state index >= 15 is 0 Å². The molecule has 1 atom stereocenters. The van der Waals surface area contributed by atoms with Gasteiger partial charge in [-0.15, -0.1) is 0 Å². The molecular formula is C15H21N3O5S. The van der Waals surface area contributed by atoms with E-state index in [-0.39, 0.29) is 16.8 Å². The second-order valence-corrected chi connectivity index (χ2v) is 7.24. The minimum absolute atomic E-state index is 0.0387. The summed E-state index contributed by atoms with van der Waals surface area (Å²) in [5, 5.41) is 5.93. The largest absolute Gasteiger partial charge is 0.468 e. The van der Waals surface area contributed by atoms with Crippen LogP contribution in [0.5, 0.6) is 0 Å². The second-order valence-electron chi connectivity index (χ2n) is 5.47. The number of hydrogen-bond donors (Lipinski definition) is 3. The van der Waals surface area contributed by atoms with E-state index in [9.17, 15) is 18.0 Å². The van der Waals surface area contributed by atoms with Crippen LogP contribution in [0.15, 0.2) is 29.2 Å². The summed E-state index contributed by atoms with van der Waals surface area (Å²) in [7, 11) is -2.69. The molecule has 0 aliphatic carbocycles. The molecule has 0 aromatic heterocycles. The number of ether oxygens (including phenoxy) is 1. The number of methoxy groups -OCH3 is 1. The molecule has 1 fully saturated rings. The number of benzene rings is 1. The maximum absolute atomic E-state index is 12.1. The second kappa shape index (κ2) is 8.22. The Balaban J connectivity index is 1.99. The first-order valence-electron chi connectivity index (χ1n) is 7.60. The molecule has 0 bridgehead atoms. The van der Waals surface area contributed by atoms with Gasteiger partial charge in [0.2, 0.25) is 15.9 Å². The number of nitrogens with one attached hydrogen (secondary N) is 3. The van der Waals surface area contributed by atoms with Gasteiger partial charge in [-0.1, -0.05) is 6.07 Å². The molecule has 1 saturated heterocycles. The van der Waals surface area contributed by atoms with Crippen LogP contribution < -0.4 is 15.4 Å². The molecule has 24 heavy (non-hydrogen) atoms. The van der Waals surface area contributed by atoms with Crippen LogP contribution in [0, 0.1) is 0 Å². The molecule has 132 valence electrons. The van der Waals surface area contributed by atoms with Crippen molar-refractivity contribution >= 4 is 27.6 Å². The molecule has 1 amide bonds. The number of anilines is 1. The Bertz CT molecular complexity index is 699. The monoisotopic (exact) mass is 355 g/mol. The maximum Gasteiger partial charge on any atom is 0.320 e. The number of carbonyl (C=O) groups excluding carboxylic acids is 2. The smallest absolute Gasteiger partial charge is 0.320 e. The normalized spacial score (nSPS) is 17.5. The predicted molar refractivity (Wildman–Crippen MR) is 87.9 cm³/mol. The minimum atomic E-state index is -3.86. The van der Waals surface area contributed by atoms with E-state index < -0.39 is 22.5 Å². The van der Waals surface area contributed by atoms with E-state index in [1.54, 1.807) is 6.07 Å². The summed E-state index contributed by atoms with van der Waals surface area (Å²) in [5.41, 5.74) is 0.388. The van der Waals surface area contributed by atoms with Gasteiger partial charge in [0, 0.05) is 18.2 Å². The van der Waals surface area contributed by atoms with Crippen molar-refractivity contribution in [1.29, 1.82) is 0 Å². The third-order valence-electron chi connectivity index (χ3n) is 3.66. The standard InChI is InChI=1S/C15H21N3O5S/c1-23-15(20)10-17-24(21,22)13-6-2-4-12(8-13)18-14(19)9-11-5-3-7-16-11/h2,4,6,8,11,16-17H,3,5,7,9-10H2,1H3,(H,18,19). The minimum Gasteiger partial charge on any atom is -0.468 e. The average Bonchev–Trinajstić information content (AvgIpc) is 3.05. The zero-order valence-electron chi connectivity index (χ0n) is 13.4. The molecule has 1 heterocycles. The molecule has 9 heteroatoms. The number of esters is 1. The summed E-state index contributed by atoms with van der Waals surface area (Å²) in [6.07, 6.45) is 2.36. The van der Waals surface area contributed by atoms with Crippen LogP contribution in [0.1, 0.15) is 19.3 Å². The van der Waals surface area contributed by atoms with Crippen LogP contribution in [0.3, 0.4) is 0 Å². The van der Waals surface area contributed by atoms with Crippen LogP contribution in [0.25, 0.3) is 0 Å². The highest BCUT2D eigenvalue weighted by Gasteiger charge is 2.19. The van der Waals surface area contributed by atoms with Crippen LogP contribution in [-0.2, 0) is 24.3 Å². The first-order valence-corrected chi connectivity index (χ1v) is 9.09. The van der Waals surface area contributed by atoms with E-state index in [2.05, 4.69) is 20.1 Å². The summed E-state index contributed by atoms with van der Waals surface area (Å²) in [5.74, 6) is -0.862. The molecule has 1 aromatic carbocycles. The van der Waals surface area contributed by atoms with Gasteiger partial charge in [-0.25, -0.2) is 8.42 Å². The molecule has 8 nitrogen and oxygen atoms in total. The van der Waals surface area contributed by atoms with Gasteiger partial charge >= 0.3 is 5.97 Å². The summed E-state index contributed by atoms with van der Waals surface area (Å²) in [6, 6.07) is 6.03. The molecule has 1 unspecified atom stereocenters. The lowest BCUT2D eigenvalue weighted by molar-refractivity contribution is -0.139. The van der Waals surface area contributed by atoms with Gasteiger partial charge in [0.15, 0.2) is 0 Å². The van der Waals surface area contributed by atoms with Crippen LogP contribution in [0.4, 0.5) is 5.69 Å². The Hall–Kier alpha value is -1.97. The fraction of sp³-hybridized carbons (Fsp3) is 0.467. The lowest BCUT2D eigenvalue weighted by Gasteiger charge is -2.11. The Morgan fingerprint density at radius 1 is 1.38 bits per heavy atom. The number of sulfonamides is 1. The highest BCUT2D eigenvalue weighted by molar-refractivity contribution is 7.89. The van der Waals surface area contributed by atoms with Gasteiger partial charge in [-0.3, -0.25) is 9.59 Å². The van der Waals surface area contributed by atoms with E-state index in [1.807, 2.05) is 0 Å². The summed E-state index contributed by atoms with van der Waals surface area (Å²) < 4.78 is 30.8. The number of rotatable bonds is 7. The van der Waals surface area contributed by atoms with Crippen molar-refractivity contribution < 1.29 is 22.7 Å². The highest BCUT2D eigenvalue weighted by Crippen LogP contribution is 2.16. The topological polar surface area (TPSA) is 114 Å². The van der Waals surface area contributed by atoms with E-state index in [1.165, 1.54) is 25.3 Å². The van der Waals surface area contributed by atoms with Crippen molar-refractivity contribution in [3.8, 4) is 0 Å². The van der Waals surface area contributed by atoms with E-state index in [0.29, 0.717) is 12.1 Å². The van der Waals surface area contributed by atoms with Crippen LogP contribution in [-0.4, -0.2) is 46.5 Å². The third-order valence-corrected chi connectivity index (χ3v) is 5.06. The van der Waals surface area contributed by atoms with Gasteiger partial charge in [-0.05, 0) is 37.6 Å². The average molecular weight is 355 g/mol. The molecular weight excluding hydrogens is 334 g/mol. The molecule has 0 radical (unpaired) electrons. The number of hydrogen-bond acceptors (Lipinski definition) is 6. The number of amides is 1. The van der Waals surface area contributed by atoms with Gasteiger partial charge in [0.05, 0.1) is 12.0 Å². The lowest BCUT2D eigenvalue weighted by atomic mass is 10.1. The van der Waals surface area contributed by atoms with Gasteiger partial charge < -0.3 is 15.4 Å². The van der Waals surface area contributed by atoms with Crippen LogP contribution >= 0.6 is 0 Å². The molecule has 0 saturated carbocycles. The first-order chi connectivity index (χ1) is 11.4. The fourth-order valence-electron chi connectivity index (χ4n) is 2.42. The van der Waals surface area contributed by atoms with Crippen molar-refractivity contribution in [2.75, 3.05) is 25.5 Å². The van der Waals surface area contributed by atoms with Crippen molar-refractivity contribution in [2.24, 2.45) is 0 Å². The van der Waals surface area contributed by atoms with Crippen molar-refractivity contribution in [3.05, 3.63) is 24.3 Å². The van der Waals surface area contributed by atoms with Crippen LogP contribution in [0.2, 0.25) is 0 Å².